The van der Waals surface area contributed by atoms with Crippen molar-refractivity contribution in [3.63, 3.8) is 0 Å². The molecule has 0 heterocycles. The highest BCUT2D eigenvalue weighted by Gasteiger charge is 2.29. The van der Waals surface area contributed by atoms with Crippen LogP contribution in [0.25, 0.3) is 0 Å². The lowest BCUT2D eigenvalue weighted by Crippen LogP contribution is -2.43. The molecule has 0 saturated heterocycles. The molecule has 1 rings (SSSR count). The van der Waals surface area contributed by atoms with Crippen molar-refractivity contribution in [1.29, 1.82) is 0 Å². The van der Waals surface area contributed by atoms with E-state index in [9.17, 15) is 18.3 Å². The first kappa shape index (κ1) is 16.4. The van der Waals surface area contributed by atoms with Gasteiger partial charge in [-0.3, -0.25) is 4.79 Å². The van der Waals surface area contributed by atoms with Gasteiger partial charge in [0.05, 0.1) is 11.4 Å². The van der Waals surface area contributed by atoms with Crippen LogP contribution in [0.15, 0.2) is 0 Å². The van der Waals surface area contributed by atoms with Crippen molar-refractivity contribution < 1.29 is 23.4 Å². The Labute approximate surface area is 114 Å². The molecule has 0 aromatic rings. The molecule has 0 spiro atoms. The van der Waals surface area contributed by atoms with Crippen molar-refractivity contribution in [3.05, 3.63) is 0 Å². The van der Waals surface area contributed by atoms with Crippen LogP contribution in [-0.2, 0) is 14.8 Å². The van der Waals surface area contributed by atoms with Crippen LogP contribution >= 0.6 is 0 Å². The Morgan fingerprint density at radius 1 is 1.16 bits per heavy atom. The minimum atomic E-state index is -3.50. The van der Waals surface area contributed by atoms with Crippen LogP contribution in [0, 0.1) is 0 Å². The van der Waals surface area contributed by atoms with E-state index < -0.39 is 21.6 Å². The first-order valence-corrected chi connectivity index (χ1v) is 8.40. The zero-order chi connectivity index (χ0) is 14.4. The van der Waals surface area contributed by atoms with Crippen LogP contribution < -0.4 is 4.72 Å². The van der Waals surface area contributed by atoms with Gasteiger partial charge in [-0.2, -0.15) is 0 Å². The van der Waals surface area contributed by atoms with E-state index in [1.54, 1.807) is 0 Å². The predicted octanol–water partition coefficient (Wildman–Crippen LogP) is 0.856. The molecule has 1 aliphatic rings. The Kier molecular flexibility index (Phi) is 6.22. The standard InChI is InChI=1S/C12H23NO5S/c14-11(15)6-5-9-19(17,18)13-10-12(16)7-3-1-2-4-8-12/h13,16H,1-10H2,(H,14,15). The van der Waals surface area contributed by atoms with E-state index >= 15 is 0 Å². The van der Waals surface area contributed by atoms with E-state index in [0.29, 0.717) is 12.8 Å². The van der Waals surface area contributed by atoms with E-state index in [2.05, 4.69) is 4.72 Å². The van der Waals surface area contributed by atoms with Gasteiger partial charge in [-0.15, -0.1) is 0 Å². The van der Waals surface area contributed by atoms with Crippen molar-refractivity contribution in [1.82, 2.24) is 4.72 Å². The number of sulfonamides is 1. The molecule has 1 aliphatic carbocycles. The third-order valence-corrected chi connectivity index (χ3v) is 4.87. The van der Waals surface area contributed by atoms with Gasteiger partial charge in [-0.05, 0) is 19.3 Å². The summed E-state index contributed by atoms with van der Waals surface area (Å²) < 4.78 is 25.7. The highest BCUT2D eigenvalue weighted by molar-refractivity contribution is 7.89. The van der Waals surface area contributed by atoms with E-state index in [0.717, 1.165) is 25.7 Å². The molecule has 19 heavy (non-hydrogen) atoms. The lowest BCUT2D eigenvalue weighted by atomic mass is 9.95. The molecular weight excluding hydrogens is 270 g/mol. The molecule has 112 valence electrons. The molecule has 0 atom stereocenters. The molecular formula is C12H23NO5S. The Hall–Kier alpha value is -0.660. The van der Waals surface area contributed by atoms with Crippen molar-refractivity contribution in [3.8, 4) is 0 Å². The highest BCUT2D eigenvalue weighted by atomic mass is 32.2. The van der Waals surface area contributed by atoms with Crippen LogP contribution in [0.2, 0.25) is 0 Å². The number of rotatable bonds is 7. The second kappa shape index (κ2) is 7.21. The van der Waals surface area contributed by atoms with E-state index in [1.807, 2.05) is 0 Å². The average molecular weight is 293 g/mol. The van der Waals surface area contributed by atoms with Gasteiger partial charge in [-0.25, -0.2) is 13.1 Å². The van der Waals surface area contributed by atoms with Gasteiger partial charge in [0.15, 0.2) is 0 Å². The lowest BCUT2D eigenvalue weighted by molar-refractivity contribution is -0.137. The van der Waals surface area contributed by atoms with Gasteiger partial charge < -0.3 is 10.2 Å². The third kappa shape index (κ3) is 6.89. The van der Waals surface area contributed by atoms with Gasteiger partial charge in [0.1, 0.15) is 0 Å². The summed E-state index contributed by atoms with van der Waals surface area (Å²) >= 11 is 0. The number of aliphatic hydroxyl groups is 1. The predicted molar refractivity (Wildman–Crippen MR) is 71.3 cm³/mol. The average Bonchev–Trinajstić information content (AvgIpc) is 2.52. The Balaban J connectivity index is 2.38. The molecule has 1 fully saturated rings. The Morgan fingerprint density at radius 3 is 2.26 bits per heavy atom. The second-order valence-electron chi connectivity index (χ2n) is 5.28. The van der Waals surface area contributed by atoms with Crippen molar-refractivity contribution in [2.24, 2.45) is 0 Å². The summed E-state index contributed by atoms with van der Waals surface area (Å²) in [5.41, 5.74) is -0.948. The maximum Gasteiger partial charge on any atom is 0.303 e. The Morgan fingerprint density at radius 2 is 1.74 bits per heavy atom. The quantitative estimate of drug-likeness (QED) is 0.604. The molecule has 0 aromatic carbocycles. The van der Waals surface area contributed by atoms with E-state index in [-0.39, 0.29) is 25.1 Å². The van der Waals surface area contributed by atoms with Crippen LogP contribution in [-0.4, -0.2) is 42.5 Å². The molecule has 0 unspecified atom stereocenters. The summed E-state index contributed by atoms with van der Waals surface area (Å²) in [7, 11) is -3.50. The Bertz CT molecular complexity index is 385. The summed E-state index contributed by atoms with van der Waals surface area (Å²) in [6.45, 7) is 0.0302. The number of carboxylic acids is 1. The summed E-state index contributed by atoms with van der Waals surface area (Å²) in [6.07, 6.45) is 5.14. The topological polar surface area (TPSA) is 104 Å². The lowest BCUT2D eigenvalue weighted by Gasteiger charge is -2.26. The normalized spacial score (nSPS) is 19.8. The summed E-state index contributed by atoms with van der Waals surface area (Å²) in [5, 5.41) is 18.8. The molecule has 1 saturated carbocycles. The van der Waals surface area contributed by atoms with Gasteiger partial charge in [-0.1, -0.05) is 25.7 Å². The number of carbonyl (C=O) groups is 1. The molecule has 0 bridgehead atoms. The van der Waals surface area contributed by atoms with Crippen LogP contribution in [0.5, 0.6) is 0 Å². The van der Waals surface area contributed by atoms with Crippen LogP contribution in [0.3, 0.4) is 0 Å². The number of nitrogens with one attached hydrogen (secondary N) is 1. The minimum absolute atomic E-state index is 0.0302. The third-order valence-electron chi connectivity index (χ3n) is 3.46. The molecule has 3 N–H and O–H groups in total. The first-order chi connectivity index (χ1) is 8.83. The molecule has 0 aliphatic heterocycles. The van der Waals surface area contributed by atoms with Gasteiger partial charge >= 0.3 is 5.97 Å². The SMILES string of the molecule is O=C(O)CCCS(=O)(=O)NCC1(O)CCCCCC1. The van der Waals surface area contributed by atoms with Gasteiger partial charge in [0.25, 0.3) is 0 Å². The smallest absolute Gasteiger partial charge is 0.303 e. The fourth-order valence-electron chi connectivity index (χ4n) is 2.29. The molecule has 0 amide bonds. The summed E-state index contributed by atoms with van der Waals surface area (Å²) in [5.74, 6) is -1.22. The van der Waals surface area contributed by atoms with Crippen molar-refractivity contribution in [2.45, 2.75) is 57.0 Å². The van der Waals surface area contributed by atoms with Gasteiger partial charge in [0, 0.05) is 13.0 Å². The largest absolute Gasteiger partial charge is 0.481 e. The van der Waals surface area contributed by atoms with E-state index in [1.165, 1.54) is 0 Å². The maximum absolute atomic E-state index is 11.7. The highest BCUT2D eigenvalue weighted by Crippen LogP contribution is 2.26. The van der Waals surface area contributed by atoms with E-state index in [4.69, 9.17) is 5.11 Å². The maximum atomic E-state index is 11.7. The molecule has 0 radical (unpaired) electrons. The number of hydrogen-bond acceptors (Lipinski definition) is 4. The van der Waals surface area contributed by atoms with Gasteiger partial charge in [0.2, 0.25) is 10.0 Å². The fourth-order valence-corrected chi connectivity index (χ4v) is 3.45. The molecule has 7 heteroatoms. The minimum Gasteiger partial charge on any atom is -0.481 e. The number of carboxylic acid groups (broad SMARTS) is 1. The zero-order valence-electron chi connectivity index (χ0n) is 11.1. The van der Waals surface area contributed by atoms with Crippen molar-refractivity contribution >= 4 is 16.0 Å². The van der Waals surface area contributed by atoms with Crippen molar-refractivity contribution in [2.75, 3.05) is 12.3 Å². The monoisotopic (exact) mass is 293 g/mol. The molecule has 6 nitrogen and oxygen atoms in total. The first-order valence-electron chi connectivity index (χ1n) is 6.75. The molecule has 0 aromatic heterocycles. The number of aliphatic carboxylic acids is 1. The fraction of sp³-hybridized carbons (Fsp3) is 0.917. The number of hydrogen-bond donors (Lipinski definition) is 3. The van der Waals surface area contributed by atoms with Crippen LogP contribution in [0.4, 0.5) is 0 Å². The summed E-state index contributed by atoms with van der Waals surface area (Å²) in [4.78, 5) is 10.3. The second-order valence-corrected chi connectivity index (χ2v) is 7.20. The zero-order valence-corrected chi connectivity index (χ0v) is 11.9. The van der Waals surface area contributed by atoms with Crippen LogP contribution in [0.1, 0.15) is 51.4 Å². The summed E-state index contributed by atoms with van der Waals surface area (Å²) in [6, 6.07) is 0.